The molecule has 0 saturated carbocycles. The average molecular weight is 328 g/mol. The van der Waals surface area contributed by atoms with Gasteiger partial charge in [-0.05, 0) is 30.3 Å². The van der Waals surface area contributed by atoms with Crippen LogP contribution in [0.25, 0.3) is 10.9 Å². The fourth-order valence-electron chi connectivity index (χ4n) is 2.11. The van der Waals surface area contributed by atoms with Gasteiger partial charge >= 0.3 is 0 Å². The van der Waals surface area contributed by atoms with Crippen LogP contribution in [-0.4, -0.2) is 20.9 Å². The van der Waals surface area contributed by atoms with Crippen LogP contribution in [0, 0.1) is 15.9 Å². The molecule has 0 aliphatic heterocycles. The van der Waals surface area contributed by atoms with Crippen LogP contribution in [0.5, 0.6) is 5.88 Å². The van der Waals surface area contributed by atoms with Crippen LogP contribution in [0.3, 0.4) is 0 Å². The predicted octanol–water partition coefficient (Wildman–Crippen LogP) is 3.84. The Hall–Kier alpha value is -3.62. The molecule has 0 spiro atoms. The first-order chi connectivity index (χ1) is 11.5. The van der Waals surface area contributed by atoms with Crippen molar-refractivity contribution < 1.29 is 19.2 Å². The summed E-state index contributed by atoms with van der Waals surface area (Å²) in [6, 6.07) is 8.59. The molecule has 120 valence electrons. The number of amides is 1. The number of nitrogens with zero attached hydrogens (tertiary/aromatic N) is 3. The van der Waals surface area contributed by atoms with Crippen LogP contribution in [0.15, 0.2) is 52.7 Å². The molecular weight excluding hydrogens is 319 g/mol. The molecule has 0 bridgehead atoms. The van der Waals surface area contributed by atoms with Gasteiger partial charge in [-0.2, -0.15) is 0 Å². The minimum absolute atomic E-state index is 0.0934. The summed E-state index contributed by atoms with van der Waals surface area (Å²) in [4.78, 5) is 24.7. The maximum Gasteiger partial charge on any atom is 0.295 e. The molecule has 1 amide bonds. The number of fused-ring (bicyclic) bond motifs is 1. The first-order valence-electron chi connectivity index (χ1n) is 6.66. The predicted molar refractivity (Wildman–Crippen MR) is 81.9 cm³/mol. The number of azo groups is 1. The Bertz CT molecular complexity index is 979. The van der Waals surface area contributed by atoms with E-state index in [4.69, 9.17) is 0 Å². The number of nitro groups is 1. The van der Waals surface area contributed by atoms with Gasteiger partial charge in [0.05, 0.1) is 10.4 Å². The quantitative estimate of drug-likeness (QED) is 0.431. The lowest BCUT2D eigenvalue weighted by atomic mass is 10.2. The van der Waals surface area contributed by atoms with Crippen molar-refractivity contribution in [2.45, 2.75) is 0 Å². The van der Waals surface area contributed by atoms with Crippen LogP contribution in [0.1, 0.15) is 10.4 Å². The Labute approximate surface area is 133 Å². The van der Waals surface area contributed by atoms with Crippen molar-refractivity contribution in [3.63, 3.8) is 0 Å². The summed E-state index contributed by atoms with van der Waals surface area (Å²) < 4.78 is 12.8. The summed E-state index contributed by atoms with van der Waals surface area (Å²) in [5.74, 6) is -1.61. The van der Waals surface area contributed by atoms with E-state index in [-0.39, 0.29) is 28.2 Å². The summed E-state index contributed by atoms with van der Waals surface area (Å²) in [5.41, 5.74) is 0.235. The molecule has 3 rings (SSSR count). The van der Waals surface area contributed by atoms with Gasteiger partial charge in [0.15, 0.2) is 5.69 Å². The molecule has 0 saturated heterocycles. The van der Waals surface area contributed by atoms with E-state index >= 15 is 0 Å². The van der Waals surface area contributed by atoms with E-state index in [0.29, 0.717) is 5.52 Å². The SMILES string of the molecule is O=C(N=Nc1c(O)[nH]c2ccc([N+](=O)[O-])cc12)c1ccc(F)cc1. The molecule has 2 aromatic carbocycles. The number of nitro benzene ring substituents is 1. The van der Waals surface area contributed by atoms with E-state index < -0.39 is 16.6 Å². The molecule has 2 N–H and O–H groups in total. The van der Waals surface area contributed by atoms with Gasteiger partial charge in [0.25, 0.3) is 11.6 Å². The third-order valence-corrected chi connectivity index (χ3v) is 3.28. The highest BCUT2D eigenvalue weighted by atomic mass is 19.1. The standard InChI is InChI=1S/C15H9FN4O4/c16-9-3-1-8(2-4-9)14(21)19-18-13-11-7-10(20(23)24)5-6-12(11)17-15(13)22/h1-7,17,22H. The maximum atomic E-state index is 12.8. The van der Waals surface area contributed by atoms with Crippen LogP contribution < -0.4 is 0 Å². The number of benzene rings is 2. The highest BCUT2D eigenvalue weighted by Gasteiger charge is 2.15. The number of non-ortho nitro benzene ring substituents is 1. The van der Waals surface area contributed by atoms with E-state index in [0.717, 1.165) is 12.1 Å². The second kappa shape index (κ2) is 5.88. The Morgan fingerprint density at radius 2 is 1.92 bits per heavy atom. The van der Waals surface area contributed by atoms with Crippen molar-refractivity contribution >= 4 is 28.2 Å². The number of rotatable bonds is 3. The second-order valence-electron chi connectivity index (χ2n) is 4.82. The minimum atomic E-state index is -0.741. The monoisotopic (exact) mass is 328 g/mol. The van der Waals surface area contributed by atoms with E-state index in [2.05, 4.69) is 15.2 Å². The maximum absolute atomic E-state index is 12.8. The number of aromatic nitrogens is 1. The number of carbonyl (C=O) groups excluding carboxylic acids is 1. The summed E-state index contributed by atoms with van der Waals surface area (Å²) in [5, 5.41) is 28.1. The number of H-pyrrole nitrogens is 1. The Morgan fingerprint density at radius 3 is 2.58 bits per heavy atom. The van der Waals surface area contributed by atoms with Gasteiger partial charge in [-0.15, -0.1) is 10.2 Å². The summed E-state index contributed by atoms with van der Waals surface area (Å²) >= 11 is 0. The largest absolute Gasteiger partial charge is 0.493 e. The first-order valence-corrected chi connectivity index (χ1v) is 6.66. The fraction of sp³-hybridized carbons (Fsp3) is 0. The highest BCUT2D eigenvalue weighted by molar-refractivity contribution is 5.97. The van der Waals surface area contributed by atoms with E-state index in [1.54, 1.807) is 0 Å². The lowest BCUT2D eigenvalue weighted by Crippen LogP contribution is -1.93. The topological polar surface area (TPSA) is 121 Å². The van der Waals surface area contributed by atoms with Gasteiger partial charge in [-0.25, -0.2) is 4.39 Å². The Kier molecular flexibility index (Phi) is 3.74. The molecule has 1 aromatic heterocycles. The minimum Gasteiger partial charge on any atom is -0.493 e. The zero-order valence-electron chi connectivity index (χ0n) is 11.9. The second-order valence-corrected chi connectivity index (χ2v) is 4.82. The van der Waals surface area contributed by atoms with Crippen molar-refractivity contribution in [3.8, 4) is 5.88 Å². The van der Waals surface area contributed by atoms with Crippen LogP contribution >= 0.6 is 0 Å². The number of hydrogen-bond donors (Lipinski definition) is 2. The van der Waals surface area contributed by atoms with Crippen molar-refractivity contribution in [3.05, 3.63) is 64.0 Å². The molecule has 1 heterocycles. The molecule has 0 atom stereocenters. The molecule has 9 heteroatoms. The van der Waals surface area contributed by atoms with Crippen molar-refractivity contribution in [1.82, 2.24) is 4.98 Å². The van der Waals surface area contributed by atoms with Gasteiger partial charge < -0.3 is 10.1 Å². The number of nitrogens with one attached hydrogen (secondary N) is 1. The number of aromatic amines is 1. The number of halogens is 1. The summed E-state index contributed by atoms with van der Waals surface area (Å²) in [6.07, 6.45) is 0. The number of carbonyl (C=O) groups is 1. The summed E-state index contributed by atoms with van der Waals surface area (Å²) in [7, 11) is 0. The average Bonchev–Trinajstić information content (AvgIpc) is 2.87. The van der Waals surface area contributed by atoms with Crippen molar-refractivity contribution in [2.75, 3.05) is 0 Å². The summed E-state index contributed by atoms with van der Waals surface area (Å²) in [6.45, 7) is 0. The van der Waals surface area contributed by atoms with Gasteiger partial charge in [0.2, 0.25) is 5.88 Å². The Morgan fingerprint density at radius 1 is 1.21 bits per heavy atom. The van der Waals surface area contributed by atoms with Crippen LogP contribution in [0.4, 0.5) is 15.8 Å². The smallest absolute Gasteiger partial charge is 0.295 e. The fourth-order valence-corrected chi connectivity index (χ4v) is 2.11. The molecule has 24 heavy (non-hydrogen) atoms. The third kappa shape index (κ3) is 2.82. The van der Waals surface area contributed by atoms with Gasteiger partial charge in [-0.3, -0.25) is 14.9 Å². The van der Waals surface area contributed by atoms with Crippen LogP contribution in [-0.2, 0) is 0 Å². The molecule has 8 nitrogen and oxygen atoms in total. The van der Waals surface area contributed by atoms with Gasteiger partial charge in [0.1, 0.15) is 5.82 Å². The zero-order valence-corrected chi connectivity index (χ0v) is 11.9. The molecule has 0 fully saturated rings. The van der Waals surface area contributed by atoms with Crippen LogP contribution in [0.2, 0.25) is 0 Å². The van der Waals surface area contributed by atoms with Gasteiger partial charge in [-0.1, -0.05) is 0 Å². The first kappa shape index (κ1) is 15.3. The normalized spacial score (nSPS) is 11.2. The highest BCUT2D eigenvalue weighted by Crippen LogP contribution is 2.37. The van der Waals surface area contributed by atoms with Crippen molar-refractivity contribution in [2.24, 2.45) is 10.2 Å². The van der Waals surface area contributed by atoms with Gasteiger partial charge in [0, 0.05) is 23.1 Å². The molecule has 3 aromatic rings. The third-order valence-electron chi connectivity index (χ3n) is 3.28. The molecular formula is C15H9FN4O4. The lowest BCUT2D eigenvalue weighted by molar-refractivity contribution is -0.384. The van der Waals surface area contributed by atoms with E-state index in [1.807, 2.05) is 0 Å². The number of aromatic hydroxyl groups is 1. The van der Waals surface area contributed by atoms with Crippen molar-refractivity contribution in [1.29, 1.82) is 0 Å². The number of hydrogen-bond acceptors (Lipinski definition) is 5. The molecule has 0 unspecified atom stereocenters. The van der Waals surface area contributed by atoms with E-state index in [1.165, 1.54) is 30.3 Å². The molecule has 0 aliphatic carbocycles. The Balaban J connectivity index is 1.98. The molecule has 0 radical (unpaired) electrons. The molecule has 0 aliphatic rings. The van der Waals surface area contributed by atoms with E-state index in [9.17, 15) is 24.4 Å². The zero-order chi connectivity index (χ0) is 17.3. The lowest BCUT2D eigenvalue weighted by Gasteiger charge is -1.95.